The molecule has 18 heavy (non-hydrogen) atoms. The van der Waals surface area contributed by atoms with Crippen molar-refractivity contribution < 1.29 is 9.53 Å². The smallest absolute Gasteiger partial charge is 0.407 e. The van der Waals surface area contributed by atoms with Crippen LogP contribution in [-0.4, -0.2) is 31.3 Å². The van der Waals surface area contributed by atoms with Crippen molar-refractivity contribution in [3.63, 3.8) is 0 Å². The number of alkyl carbamates (subject to hydrolysis) is 1. The summed E-state index contributed by atoms with van der Waals surface area (Å²) in [6.07, 6.45) is 3.71. The van der Waals surface area contributed by atoms with Gasteiger partial charge >= 0.3 is 6.09 Å². The number of carbonyl (C=O) groups excluding carboxylic acids is 1. The molecule has 1 fully saturated rings. The largest absolute Gasteiger partial charge is 0.444 e. The third-order valence-corrected chi connectivity index (χ3v) is 3.21. The average molecular weight is 256 g/mol. The summed E-state index contributed by atoms with van der Waals surface area (Å²) in [7, 11) is 0. The van der Waals surface area contributed by atoms with E-state index in [-0.39, 0.29) is 6.09 Å². The van der Waals surface area contributed by atoms with Gasteiger partial charge in [-0.2, -0.15) is 0 Å². The molecule has 0 heterocycles. The van der Waals surface area contributed by atoms with Crippen LogP contribution in [0.1, 0.15) is 47.0 Å². The highest BCUT2D eigenvalue weighted by Gasteiger charge is 2.20. The molecule has 2 N–H and O–H groups in total. The number of rotatable bonds is 5. The minimum absolute atomic E-state index is 0.334. The fourth-order valence-electron chi connectivity index (χ4n) is 2.38. The SMILES string of the molecule is CC1CCC(CNCCNC(=O)OC(C)(C)C)C1. The average Bonchev–Trinajstić information content (AvgIpc) is 2.61. The highest BCUT2D eigenvalue weighted by molar-refractivity contribution is 5.67. The Morgan fingerprint density at radius 1 is 1.28 bits per heavy atom. The molecule has 4 heteroatoms. The molecule has 0 aromatic rings. The summed E-state index contributed by atoms with van der Waals surface area (Å²) in [5, 5.41) is 6.15. The summed E-state index contributed by atoms with van der Waals surface area (Å²) in [5.41, 5.74) is -0.419. The van der Waals surface area contributed by atoms with Crippen molar-refractivity contribution >= 4 is 6.09 Å². The van der Waals surface area contributed by atoms with Crippen molar-refractivity contribution in [2.24, 2.45) is 11.8 Å². The van der Waals surface area contributed by atoms with Crippen molar-refractivity contribution in [1.82, 2.24) is 10.6 Å². The summed E-state index contributed by atoms with van der Waals surface area (Å²) in [5.74, 6) is 1.71. The Labute approximate surface area is 111 Å². The van der Waals surface area contributed by atoms with E-state index in [1.54, 1.807) is 0 Å². The summed E-state index contributed by atoms with van der Waals surface area (Å²) >= 11 is 0. The van der Waals surface area contributed by atoms with Crippen LogP contribution in [0, 0.1) is 11.8 Å². The first-order valence-corrected chi connectivity index (χ1v) is 7.04. The molecule has 1 aliphatic rings. The van der Waals surface area contributed by atoms with Crippen LogP contribution < -0.4 is 10.6 Å². The molecule has 0 saturated heterocycles. The predicted octanol–water partition coefficient (Wildman–Crippen LogP) is 2.54. The Bertz CT molecular complexity index is 261. The zero-order chi connectivity index (χ0) is 13.6. The fraction of sp³-hybridized carbons (Fsp3) is 0.929. The molecule has 0 bridgehead atoms. The van der Waals surface area contributed by atoms with E-state index in [4.69, 9.17) is 4.74 Å². The van der Waals surface area contributed by atoms with Gasteiger partial charge in [0.1, 0.15) is 5.60 Å². The van der Waals surface area contributed by atoms with E-state index in [1.807, 2.05) is 20.8 Å². The van der Waals surface area contributed by atoms with Gasteiger partial charge in [0.15, 0.2) is 0 Å². The van der Waals surface area contributed by atoms with Gasteiger partial charge in [0.2, 0.25) is 0 Å². The minimum atomic E-state index is -0.419. The molecule has 106 valence electrons. The third-order valence-electron chi connectivity index (χ3n) is 3.21. The summed E-state index contributed by atoms with van der Waals surface area (Å²) in [6.45, 7) is 10.4. The van der Waals surface area contributed by atoms with Gasteiger partial charge in [0, 0.05) is 13.1 Å². The second-order valence-corrected chi connectivity index (χ2v) is 6.42. The zero-order valence-electron chi connectivity index (χ0n) is 12.2. The molecule has 0 spiro atoms. The fourth-order valence-corrected chi connectivity index (χ4v) is 2.38. The van der Waals surface area contributed by atoms with Crippen LogP contribution in [0.5, 0.6) is 0 Å². The molecule has 1 rings (SSSR count). The summed E-state index contributed by atoms with van der Waals surface area (Å²) in [6, 6.07) is 0. The molecule has 0 aromatic heterocycles. The van der Waals surface area contributed by atoms with Gasteiger partial charge in [-0.3, -0.25) is 0 Å². The Hall–Kier alpha value is -0.770. The first-order valence-electron chi connectivity index (χ1n) is 7.04. The highest BCUT2D eigenvalue weighted by Crippen LogP contribution is 2.29. The number of hydrogen-bond donors (Lipinski definition) is 2. The van der Waals surface area contributed by atoms with Crippen LogP contribution in [0.4, 0.5) is 4.79 Å². The second-order valence-electron chi connectivity index (χ2n) is 6.42. The van der Waals surface area contributed by atoms with E-state index in [2.05, 4.69) is 17.6 Å². The van der Waals surface area contributed by atoms with Crippen LogP contribution in [0.3, 0.4) is 0 Å². The normalized spacial score (nSPS) is 24.0. The van der Waals surface area contributed by atoms with Crippen molar-refractivity contribution in [3.8, 4) is 0 Å². The molecule has 1 aliphatic carbocycles. The first kappa shape index (κ1) is 15.3. The van der Waals surface area contributed by atoms with Gasteiger partial charge in [0.25, 0.3) is 0 Å². The minimum Gasteiger partial charge on any atom is -0.444 e. The number of ether oxygens (including phenoxy) is 1. The molecule has 1 saturated carbocycles. The Balaban J connectivity index is 1.97. The van der Waals surface area contributed by atoms with Crippen LogP contribution in [0.2, 0.25) is 0 Å². The molecule has 0 aliphatic heterocycles. The van der Waals surface area contributed by atoms with Crippen LogP contribution >= 0.6 is 0 Å². The van der Waals surface area contributed by atoms with Gasteiger partial charge in [-0.25, -0.2) is 4.79 Å². The van der Waals surface area contributed by atoms with E-state index in [9.17, 15) is 4.79 Å². The zero-order valence-corrected chi connectivity index (χ0v) is 12.2. The molecule has 0 aromatic carbocycles. The quantitative estimate of drug-likeness (QED) is 0.743. The number of amides is 1. The van der Waals surface area contributed by atoms with E-state index in [1.165, 1.54) is 19.3 Å². The number of carbonyl (C=O) groups is 1. The lowest BCUT2D eigenvalue weighted by Gasteiger charge is -2.19. The molecular formula is C14H28N2O2. The van der Waals surface area contributed by atoms with Gasteiger partial charge < -0.3 is 15.4 Å². The van der Waals surface area contributed by atoms with E-state index in [0.717, 1.165) is 24.9 Å². The lowest BCUT2D eigenvalue weighted by Crippen LogP contribution is -2.37. The standard InChI is InChI=1S/C14H28N2O2/c1-11-5-6-12(9-11)10-15-7-8-16-13(17)18-14(2,3)4/h11-12,15H,5-10H2,1-4H3,(H,16,17). The Morgan fingerprint density at radius 2 is 2.00 bits per heavy atom. The van der Waals surface area contributed by atoms with Crippen LogP contribution in [0.15, 0.2) is 0 Å². The lowest BCUT2D eigenvalue weighted by atomic mass is 10.1. The van der Waals surface area contributed by atoms with Crippen molar-refractivity contribution in [1.29, 1.82) is 0 Å². The van der Waals surface area contributed by atoms with Crippen molar-refractivity contribution in [2.75, 3.05) is 19.6 Å². The van der Waals surface area contributed by atoms with Gasteiger partial charge in [-0.15, -0.1) is 0 Å². The van der Waals surface area contributed by atoms with Crippen molar-refractivity contribution in [3.05, 3.63) is 0 Å². The van der Waals surface area contributed by atoms with Crippen molar-refractivity contribution in [2.45, 2.75) is 52.6 Å². The monoisotopic (exact) mass is 256 g/mol. The summed E-state index contributed by atoms with van der Waals surface area (Å²) in [4.78, 5) is 11.4. The second kappa shape index (κ2) is 6.98. The lowest BCUT2D eigenvalue weighted by molar-refractivity contribution is 0.0528. The predicted molar refractivity (Wildman–Crippen MR) is 73.6 cm³/mol. The molecular weight excluding hydrogens is 228 g/mol. The highest BCUT2D eigenvalue weighted by atomic mass is 16.6. The summed E-state index contributed by atoms with van der Waals surface area (Å²) < 4.78 is 5.15. The maximum atomic E-state index is 11.4. The van der Waals surface area contributed by atoms with Crippen LogP contribution in [-0.2, 0) is 4.74 Å². The Kier molecular flexibility index (Phi) is 5.93. The Morgan fingerprint density at radius 3 is 2.56 bits per heavy atom. The van der Waals surface area contributed by atoms with Gasteiger partial charge in [-0.1, -0.05) is 13.3 Å². The molecule has 0 radical (unpaired) electrons. The van der Waals surface area contributed by atoms with E-state index >= 15 is 0 Å². The molecule has 4 nitrogen and oxygen atoms in total. The molecule has 2 atom stereocenters. The first-order chi connectivity index (χ1) is 8.37. The van der Waals surface area contributed by atoms with E-state index < -0.39 is 5.60 Å². The number of hydrogen-bond acceptors (Lipinski definition) is 3. The van der Waals surface area contributed by atoms with Gasteiger partial charge in [0.05, 0.1) is 0 Å². The molecule has 1 amide bonds. The maximum Gasteiger partial charge on any atom is 0.407 e. The topological polar surface area (TPSA) is 50.4 Å². The van der Waals surface area contributed by atoms with Crippen LogP contribution in [0.25, 0.3) is 0 Å². The number of nitrogens with one attached hydrogen (secondary N) is 2. The third kappa shape index (κ3) is 6.84. The molecule has 2 unspecified atom stereocenters. The maximum absolute atomic E-state index is 11.4. The van der Waals surface area contributed by atoms with Gasteiger partial charge in [-0.05, 0) is 52.0 Å². The van der Waals surface area contributed by atoms with E-state index in [0.29, 0.717) is 6.54 Å².